The quantitative estimate of drug-likeness (QED) is 0.788. The van der Waals surface area contributed by atoms with E-state index in [1.165, 1.54) is 16.9 Å². The zero-order chi connectivity index (χ0) is 14.2. The molecular weight excluding hydrogens is 282 g/mol. The molecule has 0 bridgehead atoms. The van der Waals surface area contributed by atoms with E-state index >= 15 is 0 Å². The second-order valence-electron chi connectivity index (χ2n) is 5.13. The molecule has 1 aromatic carbocycles. The van der Waals surface area contributed by atoms with Gasteiger partial charge in [-0.3, -0.25) is 14.8 Å². The molecule has 0 saturated heterocycles. The van der Waals surface area contributed by atoms with Crippen LogP contribution in [0, 0.1) is 0 Å². The Kier molecular flexibility index (Phi) is 2.93. The highest BCUT2D eigenvalue weighted by Crippen LogP contribution is 2.31. The molecule has 4 rings (SSSR count). The minimum Gasteiger partial charge on any atom is -0.321 e. The molecule has 1 aliphatic rings. The summed E-state index contributed by atoms with van der Waals surface area (Å²) in [5, 5.41) is 2.94. The molecule has 5 heteroatoms. The van der Waals surface area contributed by atoms with Crippen molar-refractivity contribution < 1.29 is 4.79 Å². The lowest BCUT2D eigenvalue weighted by atomic mass is 10.2. The average Bonchev–Trinajstić information content (AvgIpc) is 3.08. The van der Waals surface area contributed by atoms with Gasteiger partial charge in [0.2, 0.25) is 0 Å². The summed E-state index contributed by atoms with van der Waals surface area (Å²) < 4.78 is 0. The summed E-state index contributed by atoms with van der Waals surface area (Å²) in [7, 11) is 0. The lowest BCUT2D eigenvalue weighted by molar-refractivity contribution is 0.103. The minimum absolute atomic E-state index is 0.0439. The van der Waals surface area contributed by atoms with Crippen LogP contribution in [0.1, 0.15) is 26.5 Å². The number of nitrogens with one attached hydrogen (secondary N) is 1. The van der Waals surface area contributed by atoms with Crippen LogP contribution in [0.4, 0.5) is 5.69 Å². The zero-order valence-corrected chi connectivity index (χ0v) is 12.1. The van der Waals surface area contributed by atoms with Crippen LogP contribution in [0.5, 0.6) is 0 Å². The summed E-state index contributed by atoms with van der Waals surface area (Å²) in [5.41, 5.74) is 3.70. The first-order valence-corrected chi connectivity index (χ1v) is 7.75. The molecule has 1 aliphatic carbocycles. The van der Waals surface area contributed by atoms with Crippen molar-refractivity contribution in [3.05, 3.63) is 52.0 Å². The second kappa shape index (κ2) is 4.93. The maximum absolute atomic E-state index is 12.3. The summed E-state index contributed by atoms with van der Waals surface area (Å²) in [5.74, 6) is -0.0439. The lowest BCUT2D eigenvalue weighted by Gasteiger charge is -2.04. The number of nitrogens with zero attached hydrogens (tertiary/aromatic N) is 2. The number of aromatic nitrogens is 2. The fourth-order valence-corrected chi connectivity index (χ4v) is 3.82. The van der Waals surface area contributed by atoms with Crippen molar-refractivity contribution in [2.75, 3.05) is 5.32 Å². The van der Waals surface area contributed by atoms with Gasteiger partial charge in [0.1, 0.15) is 0 Å². The molecule has 0 spiro atoms. The maximum Gasteiger partial charge on any atom is 0.265 e. The first-order chi connectivity index (χ1) is 10.3. The monoisotopic (exact) mass is 295 g/mol. The second-order valence-corrected chi connectivity index (χ2v) is 6.26. The van der Waals surface area contributed by atoms with Crippen LogP contribution in [0.25, 0.3) is 11.0 Å². The molecule has 0 radical (unpaired) electrons. The summed E-state index contributed by atoms with van der Waals surface area (Å²) in [6.45, 7) is 0. The largest absolute Gasteiger partial charge is 0.321 e. The van der Waals surface area contributed by atoms with Crippen molar-refractivity contribution >= 4 is 34.0 Å². The molecule has 104 valence electrons. The van der Waals surface area contributed by atoms with E-state index in [0.717, 1.165) is 34.4 Å². The Balaban J connectivity index is 1.59. The molecule has 0 fully saturated rings. The van der Waals surface area contributed by atoms with Gasteiger partial charge in [0.15, 0.2) is 0 Å². The van der Waals surface area contributed by atoms with Gasteiger partial charge in [0.25, 0.3) is 5.91 Å². The van der Waals surface area contributed by atoms with E-state index in [2.05, 4.69) is 15.3 Å². The fraction of sp³-hybridized carbons (Fsp3) is 0.188. The zero-order valence-electron chi connectivity index (χ0n) is 11.3. The van der Waals surface area contributed by atoms with Crippen LogP contribution in [-0.4, -0.2) is 15.9 Å². The number of rotatable bonds is 2. The molecule has 3 aromatic rings. The van der Waals surface area contributed by atoms with Crippen LogP contribution in [0.15, 0.2) is 36.7 Å². The molecule has 2 aromatic heterocycles. The number of anilines is 1. The molecule has 0 unspecified atom stereocenters. The molecule has 0 atom stereocenters. The van der Waals surface area contributed by atoms with E-state index in [-0.39, 0.29) is 5.91 Å². The molecule has 1 amide bonds. The molecular formula is C16H13N3OS. The number of thiophene rings is 1. The predicted octanol–water partition coefficient (Wildman–Crippen LogP) is 3.43. The Morgan fingerprint density at radius 2 is 1.95 bits per heavy atom. The summed E-state index contributed by atoms with van der Waals surface area (Å²) in [4.78, 5) is 22.9. The van der Waals surface area contributed by atoms with Gasteiger partial charge in [-0.25, -0.2) is 0 Å². The minimum atomic E-state index is -0.0439. The highest BCUT2D eigenvalue weighted by atomic mass is 32.1. The number of aryl methyl sites for hydroxylation is 2. The lowest BCUT2D eigenvalue weighted by Crippen LogP contribution is -2.10. The number of hydrogen-bond acceptors (Lipinski definition) is 4. The van der Waals surface area contributed by atoms with Gasteiger partial charge in [-0.1, -0.05) is 0 Å². The SMILES string of the molecule is O=C(Nc1ccc2nccnc2c1)c1cc2c(s1)CCC2. The Labute approximate surface area is 125 Å². The molecule has 2 heterocycles. The third-order valence-corrected chi connectivity index (χ3v) is 4.93. The Hall–Kier alpha value is -2.27. The van der Waals surface area contributed by atoms with Gasteiger partial charge < -0.3 is 5.32 Å². The summed E-state index contributed by atoms with van der Waals surface area (Å²) in [6.07, 6.45) is 6.74. The van der Waals surface area contributed by atoms with Gasteiger partial charge in [-0.2, -0.15) is 0 Å². The Morgan fingerprint density at radius 3 is 2.81 bits per heavy atom. The normalized spacial score (nSPS) is 13.3. The molecule has 0 saturated carbocycles. The van der Waals surface area contributed by atoms with Crippen LogP contribution >= 0.6 is 11.3 Å². The first-order valence-electron chi connectivity index (χ1n) is 6.93. The average molecular weight is 295 g/mol. The van der Waals surface area contributed by atoms with E-state index in [1.54, 1.807) is 23.7 Å². The van der Waals surface area contributed by atoms with Crippen LogP contribution in [0.2, 0.25) is 0 Å². The molecule has 0 aliphatic heterocycles. The molecule has 1 N–H and O–H groups in total. The van der Waals surface area contributed by atoms with Gasteiger partial charge in [-0.05, 0) is 49.1 Å². The number of benzene rings is 1. The fourth-order valence-electron chi connectivity index (χ4n) is 2.67. The van der Waals surface area contributed by atoms with E-state index in [4.69, 9.17) is 0 Å². The van der Waals surface area contributed by atoms with Gasteiger partial charge in [0, 0.05) is 23.0 Å². The summed E-state index contributed by atoms with van der Waals surface area (Å²) in [6, 6.07) is 7.60. The third kappa shape index (κ3) is 2.29. The highest BCUT2D eigenvalue weighted by Gasteiger charge is 2.18. The van der Waals surface area contributed by atoms with Crippen molar-refractivity contribution in [1.29, 1.82) is 0 Å². The number of amides is 1. The van der Waals surface area contributed by atoms with E-state index in [9.17, 15) is 4.79 Å². The molecule has 4 nitrogen and oxygen atoms in total. The van der Waals surface area contributed by atoms with Crippen molar-refractivity contribution in [2.45, 2.75) is 19.3 Å². The number of carbonyl (C=O) groups excluding carboxylic acids is 1. The highest BCUT2D eigenvalue weighted by molar-refractivity contribution is 7.14. The number of hydrogen-bond donors (Lipinski definition) is 1. The maximum atomic E-state index is 12.3. The molecule has 21 heavy (non-hydrogen) atoms. The smallest absolute Gasteiger partial charge is 0.265 e. The van der Waals surface area contributed by atoms with Gasteiger partial charge >= 0.3 is 0 Å². The number of fused-ring (bicyclic) bond motifs is 2. The van der Waals surface area contributed by atoms with Crippen LogP contribution < -0.4 is 5.32 Å². The Morgan fingerprint density at radius 1 is 1.10 bits per heavy atom. The van der Waals surface area contributed by atoms with Crippen molar-refractivity contribution in [3.63, 3.8) is 0 Å². The summed E-state index contributed by atoms with van der Waals surface area (Å²) >= 11 is 1.61. The first kappa shape index (κ1) is 12.5. The number of carbonyl (C=O) groups is 1. The van der Waals surface area contributed by atoms with Gasteiger partial charge in [0.05, 0.1) is 15.9 Å². The van der Waals surface area contributed by atoms with E-state index < -0.39 is 0 Å². The Bertz CT molecular complexity index is 819. The standard InChI is InChI=1S/C16H13N3OS/c20-16(15-8-10-2-1-3-14(10)21-15)19-11-4-5-12-13(9-11)18-7-6-17-12/h4-9H,1-3H2,(H,19,20). The van der Waals surface area contributed by atoms with E-state index in [0.29, 0.717) is 0 Å². The predicted molar refractivity (Wildman–Crippen MR) is 83.8 cm³/mol. The third-order valence-electron chi connectivity index (χ3n) is 3.70. The van der Waals surface area contributed by atoms with Gasteiger partial charge in [-0.15, -0.1) is 11.3 Å². The van der Waals surface area contributed by atoms with Crippen LogP contribution in [-0.2, 0) is 12.8 Å². The van der Waals surface area contributed by atoms with Crippen molar-refractivity contribution in [1.82, 2.24) is 9.97 Å². The van der Waals surface area contributed by atoms with Crippen molar-refractivity contribution in [2.24, 2.45) is 0 Å². The van der Waals surface area contributed by atoms with E-state index in [1.807, 2.05) is 24.3 Å². The van der Waals surface area contributed by atoms with Crippen LogP contribution in [0.3, 0.4) is 0 Å². The topological polar surface area (TPSA) is 54.9 Å². The van der Waals surface area contributed by atoms with Crippen molar-refractivity contribution in [3.8, 4) is 0 Å².